The molecule has 30 heavy (non-hydrogen) atoms. The molecule has 0 bridgehead atoms. The minimum atomic E-state index is -0.534. The van der Waals surface area contributed by atoms with Crippen LogP contribution in [0.4, 0.5) is 5.69 Å². The normalized spacial score (nSPS) is 18.5. The number of nitrogens with zero attached hydrogens (tertiary/aromatic N) is 3. The van der Waals surface area contributed by atoms with Crippen LogP contribution in [-0.2, 0) is 16.1 Å². The second-order valence-corrected chi connectivity index (χ2v) is 7.92. The third kappa shape index (κ3) is 4.20. The van der Waals surface area contributed by atoms with Gasteiger partial charge in [0.1, 0.15) is 0 Å². The fourth-order valence-electron chi connectivity index (χ4n) is 4.13. The van der Waals surface area contributed by atoms with E-state index in [2.05, 4.69) is 10.3 Å². The molecule has 2 aliphatic heterocycles. The molecular formula is C23H26N4O3. The Hall–Kier alpha value is -3.22. The number of anilines is 1. The zero-order chi connectivity index (χ0) is 21.1. The lowest BCUT2D eigenvalue weighted by molar-refractivity contribution is -0.131. The van der Waals surface area contributed by atoms with Crippen molar-refractivity contribution < 1.29 is 14.4 Å². The molecule has 0 aliphatic carbocycles. The van der Waals surface area contributed by atoms with Gasteiger partial charge >= 0.3 is 0 Å². The van der Waals surface area contributed by atoms with E-state index < -0.39 is 5.92 Å². The summed E-state index contributed by atoms with van der Waals surface area (Å²) in [6.45, 7) is 3.89. The Kier molecular flexibility index (Phi) is 5.79. The topological polar surface area (TPSA) is 82.6 Å². The van der Waals surface area contributed by atoms with E-state index in [1.54, 1.807) is 35.4 Å². The minimum Gasteiger partial charge on any atom is -0.339 e. The molecular weight excluding hydrogens is 380 g/mol. The molecule has 0 saturated carbocycles. The van der Waals surface area contributed by atoms with Crippen LogP contribution in [0.5, 0.6) is 0 Å². The predicted octanol–water partition coefficient (Wildman–Crippen LogP) is 2.79. The first-order valence-corrected chi connectivity index (χ1v) is 10.4. The Bertz CT molecular complexity index is 951. The van der Waals surface area contributed by atoms with Crippen LogP contribution in [0, 0.1) is 0 Å². The molecule has 1 aromatic carbocycles. The predicted molar refractivity (Wildman–Crippen MR) is 113 cm³/mol. The number of piperidine rings is 1. The summed E-state index contributed by atoms with van der Waals surface area (Å²) in [7, 11) is 0. The number of hydrogen-bond acceptors (Lipinski definition) is 4. The van der Waals surface area contributed by atoms with Gasteiger partial charge in [0.05, 0.1) is 11.6 Å². The molecule has 1 atom stereocenters. The van der Waals surface area contributed by atoms with Gasteiger partial charge in [-0.05, 0) is 55.2 Å². The first-order chi connectivity index (χ1) is 14.5. The molecule has 1 saturated heterocycles. The van der Waals surface area contributed by atoms with Crippen molar-refractivity contribution in [2.45, 2.75) is 38.6 Å². The van der Waals surface area contributed by atoms with Gasteiger partial charge in [-0.15, -0.1) is 0 Å². The van der Waals surface area contributed by atoms with E-state index >= 15 is 0 Å². The maximum absolute atomic E-state index is 13.0. The Morgan fingerprint density at radius 1 is 1.00 bits per heavy atom. The lowest BCUT2D eigenvalue weighted by Crippen LogP contribution is -2.41. The van der Waals surface area contributed by atoms with Crippen molar-refractivity contribution in [1.82, 2.24) is 14.8 Å². The summed E-state index contributed by atoms with van der Waals surface area (Å²) in [6, 6.07) is 10.7. The van der Waals surface area contributed by atoms with Crippen LogP contribution in [0.25, 0.3) is 0 Å². The van der Waals surface area contributed by atoms with Crippen LogP contribution in [0.2, 0.25) is 0 Å². The number of benzene rings is 1. The highest BCUT2D eigenvalue weighted by atomic mass is 16.2. The molecule has 1 aromatic heterocycles. The Morgan fingerprint density at radius 3 is 2.43 bits per heavy atom. The maximum atomic E-state index is 13.0. The standard InChI is InChI=1S/C23H26N4O3/c1-16(28)27-14-18-6-5-11-24-21(18)20(15-27)22(29)25-19-9-7-17(8-10-19)23(30)26-12-3-2-4-13-26/h5-11,20H,2-4,12-15H2,1H3,(H,25,29). The number of amides is 3. The van der Waals surface area contributed by atoms with Crippen LogP contribution in [-0.4, -0.2) is 52.1 Å². The molecule has 156 valence electrons. The van der Waals surface area contributed by atoms with E-state index in [1.165, 1.54) is 13.3 Å². The van der Waals surface area contributed by atoms with Gasteiger partial charge in [-0.2, -0.15) is 0 Å². The number of hydrogen-bond donors (Lipinski definition) is 1. The van der Waals surface area contributed by atoms with Gasteiger partial charge in [0.2, 0.25) is 11.8 Å². The maximum Gasteiger partial charge on any atom is 0.253 e. The quantitative estimate of drug-likeness (QED) is 0.850. The largest absolute Gasteiger partial charge is 0.339 e. The molecule has 1 fully saturated rings. The van der Waals surface area contributed by atoms with Crippen LogP contribution < -0.4 is 5.32 Å². The fraction of sp³-hybridized carbons (Fsp3) is 0.391. The summed E-state index contributed by atoms with van der Waals surface area (Å²) < 4.78 is 0. The summed E-state index contributed by atoms with van der Waals surface area (Å²) in [5.74, 6) is -0.775. The number of carbonyl (C=O) groups excluding carboxylic acids is 3. The number of pyridine rings is 1. The molecule has 3 heterocycles. The Morgan fingerprint density at radius 2 is 1.73 bits per heavy atom. The van der Waals surface area contributed by atoms with Gasteiger partial charge in [0.15, 0.2) is 0 Å². The van der Waals surface area contributed by atoms with E-state index in [0.29, 0.717) is 30.0 Å². The van der Waals surface area contributed by atoms with Gasteiger partial charge in [-0.1, -0.05) is 6.07 Å². The average Bonchev–Trinajstić information content (AvgIpc) is 2.78. The Balaban J connectivity index is 1.47. The van der Waals surface area contributed by atoms with E-state index in [1.807, 2.05) is 17.0 Å². The van der Waals surface area contributed by atoms with Crippen molar-refractivity contribution in [3.8, 4) is 0 Å². The highest BCUT2D eigenvalue weighted by Crippen LogP contribution is 2.28. The van der Waals surface area contributed by atoms with Gasteiger partial charge in [-0.25, -0.2) is 0 Å². The SMILES string of the molecule is CC(=O)N1Cc2cccnc2C(C(=O)Nc2ccc(C(=O)N3CCCCC3)cc2)C1. The number of rotatable bonds is 3. The third-order valence-electron chi connectivity index (χ3n) is 5.82. The minimum absolute atomic E-state index is 0.0371. The van der Waals surface area contributed by atoms with Gasteiger partial charge in [0, 0.05) is 50.6 Å². The zero-order valence-corrected chi connectivity index (χ0v) is 17.1. The van der Waals surface area contributed by atoms with Gasteiger partial charge < -0.3 is 15.1 Å². The number of nitrogens with one attached hydrogen (secondary N) is 1. The number of carbonyl (C=O) groups is 3. The summed E-state index contributed by atoms with van der Waals surface area (Å²) in [5, 5.41) is 2.92. The first-order valence-electron chi connectivity index (χ1n) is 10.4. The van der Waals surface area contributed by atoms with Gasteiger partial charge in [0.25, 0.3) is 5.91 Å². The number of aromatic nitrogens is 1. The molecule has 7 heteroatoms. The Labute approximate surface area is 176 Å². The summed E-state index contributed by atoms with van der Waals surface area (Å²) >= 11 is 0. The van der Waals surface area contributed by atoms with E-state index in [4.69, 9.17) is 0 Å². The molecule has 0 radical (unpaired) electrons. The number of likely N-dealkylation sites (tertiary alicyclic amines) is 1. The highest BCUT2D eigenvalue weighted by Gasteiger charge is 2.32. The van der Waals surface area contributed by atoms with Crippen molar-refractivity contribution in [1.29, 1.82) is 0 Å². The highest BCUT2D eigenvalue weighted by molar-refractivity contribution is 5.98. The number of fused-ring (bicyclic) bond motifs is 1. The van der Waals surface area contributed by atoms with Crippen LogP contribution in [0.15, 0.2) is 42.6 Å². The lowest BCUT2D eigenvalue weighted by atomic mass is 9.93. The molecule has 2 aromatic rings. The fourth-order valence-corrected chi connectivity index (χ4v) is 4.13. The van der Waals surface area contributed by atoms with E-state index in [0.717, 1.165) is 31.5 Å². The van der Waals surface area contributed by atoms with Crippen LogP contribution in [0.1, 0.15) is 53.7 Å². The summed E-state index contributed by atoms with van der Waals surface area (Å²) in [4.78, 5) is 45.5. The van der Waals surface area contributed by atoms with Gasteiger partial charge in [-0.3, -0.25) is 19.4 Å². The van der Waals surface area contributed by atoms with E-state index in [-0.39, 0.29) is 17.7 Å². The molecule has 4 rings (SSSR count). The molecule has 1 N–H and O–H groups in total. The van der Waals surface area contributed by atoms with Crippen LogP contribution >= 0.6 is 0 Å². The second kappa shape index (κ2) is 8.65. The molecule has 2 aliphatic rings. The monoisotopic (exact) mass is 406 g/mol. The lowest BCUT2D eigenvalue weighted by Gasteiger charge is -2.32. The third-order valence-corrected chi connectivity index (χ3v) is 5.82. The molecule has 3 amide bonds. The van der Waals surface area contributed by atoms with Crippen molar-refractivity contribution >= 4 is 23.4 Å². The van der Waals surface area contributed by atoms with Crippen LogP contribution in [0.3, 0.4) is 0 Å². The zero-order valence-electron chi connectivity index (χ0n) is 17.1. The molecule has 0 spiro atoms. The smallest absolute Gasteiger partial charge is 0.253 e. The second-order valence-electron chi connectivity index (χ2n) is 7.92. The summed E-state index contributed by atoms with van der Waals surface area (Å²) in [6.07, 6.45) is 4.95. The van der Waals surface area contributed by atoms with Crippen molar-refractivity contribution in [3.05, 3.63) is 59.4 Å². The average molecular weight is 406 g/mol. The molecule has 1 unspecified atom stereocenters. The van der Waals surface area contributed by atoms with Crippen molar-refractivity contribution in [2.75, 3.05) is 25.0 Å². The molecule has 7 nitrogen and oxygen atoms in total. The van der Waals surface area contributed by atoms with Crippen molar-refractivity contribution in [2.24, 2.45) is 0 Å². The first kappa shape index (κ1) is 20.1. The van der Waals surface area contributed by atoms with Crippen molar-refractivity contribution in [3.63, 3.8) is 0 Å². The summed E-state index contributed by atoms with van der Waals surface area (Å²) in [5.41, 5.74) is 2.85. The van der Waals surface area contributed by atoms with E-state index in [9.17, 15) is 14.4 Å².